The number of carbonyl (C=O) groups is 1. The van der Waals surface area contributed by atoms with Crippen LogP contribution in [0.15, 0.2) is 67.1 Å². The van der Waals surface area contributed by atoms with E-state index in [1.807, 2.05) is 47.1 Å². The van der Waals surface area contributed by atoms with Gasteiger partial charge in [0, 0.05) is 41.5 Å². The highest BCUT2D eigenvalue weighted by Gasteiger charge is 2.11. The number of benzene rings is 2. The Bertz CT molecular complexity index is 1080. The highest BCUT2D eigenvalue weighted by atomic mass is 16.5. The first-order chi connectivity index (χ1) is 13.7. The van der Waals surface area contributed by atoms with Crippen LogP contribution >= 0.6 is 0 Å². The zero-order valence-corrected chi connectivity index (χ0v) is 15.4. The van der Waals surface area contributed by atoms with Crippen LogP contribution in [0.25, 0.3) is 17.0 Å². The fraction of sp³-hybridized carbons (Fsp3) is 0.0952. The summed E-state index contributed by atoms with van der Waals surface area (Å²) in [6.45, 7) is 0. The molecule has 1 amide bonds. The van der Waals surface area contributed by atoms with Crippen LogP contribution in [0.4, 0.5) is 5.69 Å². The molecule has 0 bridgehead atoms. The van der Waals surface area contributed by atoms with Crippen LogP contribution < -0.4 is 14.8 Å². The lowest BCUT2D eigenvalue weighted by Gasteiger charge is -2.09. The number of hydrogen-bond acceptors (Lipinski definition) is 5. The fourth-order valence-electron chi connectivity index (χ4n) is 2.84. The third-order valence-electron chi connectivity index (χ3n) is 4.29. The first-order valence-corrected chi connectivity index (χ1v) is 8.61. The van der Waals surface area contributed by atoms with Crippen LogP contribution in [-0.4, -0.2) is 34.5 Å². The van der Waals surface area contributed by atoms with Crippen molar-refractivity contribution >= 4 is 17.4 Å². The molecule has 1 N–H and O–H groups in total. The Morgan fingerprint density at radius 1 is 1.04 bits per heavy atom. The van der Waals surface area contributed by atoms with Crippen molar-refractivity contribution in [1.82, 2.24) is 14.4 Å². The average molecular weight is 374 g/mol. The zero-order chi connectivity index (χ0) is 19.5. The molecule has 7 nitrogen and oxygen atoms in total. The third kappa shape index (κ3) is 3.50. The van der Waals surface area contributed by atoms with E-state index in [2.05, 4.69) is 15.3 Å². The van der Waals surface area contributed by atoms with E-state index in [0.29, 0.717) is 28.5 Å². The van der Waals surface area contributed by atoms with Crippen molar-refractivity contribution in [2.75, 3.05) is 19.5 Å². The predicted octanol–water partition coefficient (Wildman–Crippen LogP) is 3.67. The Morgan fingerprint density at radius 3 is 2.39 bits per heavy atom. The molecule has 2 heterocycles. The Morgan fingerprint density at radius 2 is 1.75 bits per heavy atom. The molecule has 0 aliphatic rings. The molecule has 140 valence electrons. The van der Waals surface area contributed by atoms with Crippen molar-refractivity contribution in [3.05, 3.63) is 72.7 Å². The van der Waals surface area contributed by atoms with Gasteiger partial charge in [0.1, 0.15) is 11.5 Å². The first-order valence-electron chi connectivity index (χ1n) is 8.61. The van der Waals surface area contributed by atoms with Gasteiger partial charge >= 0.3 is 0 Å². The molecule has 0 aliphatic carbocycles. The van der Waals surface area contributed by atoms with Gasteiger partial charge in [0.2, 0.25) is 5.78 Å². The van der Waals surface area contributed by atoms with Crippen molar-refractivity contribution < 1.29 is 14.3 Å². The number of imidazole rings is 1. The maximum absolute atomic E-state index is 12.6. The first kappa shape index (κ1) is 17.5. The monoisotopic (exact) mass is 374 g/mol. The SMILES string of the molecule is COc1cc(OC)cc(C(=O)Nc2ccc(-c3cn4cccnc4n3)cc2)c1. The lowest BCUT2D eigenvalue weighted by atomic mass is 10.1. The third-order valence-corrected chi connectivity index (χ3v) is 4.29. The van der Waals surface area contributed by atoms with Gasteiger partial charge in [0.15, 0.2) is 0 Å². The van der Waals surface area contributed by atoms with E-state index >= 15 is 0 Å². The van der Waals surface area contributed by atoms with Crippen LogP contribution in [0.5, 0.6) is 11.5 Å². The van der Waals surface area contributed by atoms with Crippen molar-refractivity contribution in [2.45, 2.75) is 0 Å². The smallest absolute Gasteiger partial charge is 0.255 e. The van der Waals surface area contributed by atoms with Gasteiger partial charge in [-0.25, -0.2) is 9.97 Å². The van der Waals surface area contributed by atoms with Gasteiger partial charge in [0.25, 0.3) is 5.91 Å². The number of methoxy groups -OCH3 is 2. The van der Waals surface area contributed by atoms with Gasteiger partial charge in [-0.3, -0.25) is 9.20 Å². The fourth-order valence-corrected chi connectivity index (χ4v) is 2.84. The quantitative estimate of drug-likeness (QED) is 0.577. The van der Waals surface area contributed by atoms with Gasteiger partial charge in [-0.15, -0.1) is 0 Å². The normalized spacial score (nSPS) is 10.6. The lowest BCUT2D eigenvalue weighted by Crippen LogP contribution is -2.12. The Kier molecular flexibility index (Phi) is 4.63. The molecule has 2 aromatic heterocycles. The molecule has 0 radical (unpaired) electrons. The Balaban J connectivity index is 1.53. The minimum atomic E-state index is -0.248. The molecule has 0 atom stereocenters. The summed E-state index contributed by atoms with van der Waals surface area (Å²) in [5, 5.41) is 2.88. The van der Waals surface area contributed by atoms with Crippen LogP contribution in [0.2, 0.25) is 0 Å². The number of anilines is 1. The summed E-state index contributed by atoms with van der Waals surface area (Å²) in [6, 6.07) is 14.4. The van der Waals surface area contributed by atoms with Gasteiger partial charge < -0.3 is 14.8 Å². The standard InChI is InChI=1S/C21H18N4O3/c1-27-17-10-15(11-18(12-17)28-2)20(26)23-16-6-4-14(5-7-16)19-13-25-9-3-8-22-21(25)24-19/h3-13H,1-2H3,(H,23,26). The van der Waals surface area contributed by atoms with Crippen LogP contribution in [0, 0.1) is 0 Å². The van der Waals surface area contributed by atoms with E-state index < -0.39 is 0 Å². The van der Waals surface area contributed by atoms with Crippen molar-refractivity contribution in [1.29, 1.82) is 0 Å². The number of carbonyl (C=O) groups excluding carboxylic acids is 1. The van der Waals surface area contributed by atoms with Crippen molar-refractivity contribution in [3.8, 4) is 22.8 Å². The molecular formula is C21H18N4O3. The zero-order valence-electron chi connectivity index (χ0n) is 15.4. The molecule has 0 saturated carbocycles. The van der Waals surface area contributed by atoms with E-state index in [1.54, 1.807) is 38.6 Å². The number of ether oxygens (including phenoxy) is 2. The molecule has 0 fully saturated rings. The largest absolute Gasteiger partial charge is 0.497 e. The number of rotatable bonds is 5. The Labute approximate surface area is 161 Å². The number of amides is 1. The summed E-state index contributed by atoms with van der Waals surface area (Å²) < 4.78 is 12.3. The van der Waals surface area contributed by atoms with Crippen LogP contribution in [-0.2, 0) is 0 Å². The summed E-state index contributed by atoms with van der Waals surface area (Å²) in [6.07, 6.45) is 5.52. The summed E-state index contributed by atoms with van der Waals surface area (Å²) in [7, 11) is 3.09. The second kappa shape index (κ2) is 7.40. The van der Waals surface area contributed by atoms with Gasteiger partial charge in [-0.05, 0) is 30.3 Å². The summed E-state index contributed by atoms with van der Waals surface area (Å²) >= 11 is 0. The highest BCUT2D eigenvalue weighted by molar-refractivity contribution is 6.04. The highest BCUT2D eigenvalue weighted by Crippen LogP contribution is 2.24. The molecule has 28 heavy (non-hydrogen) atoms. The number of nitrogens with zero attached hydrogens (tertiary/aromatic N) is 3. The van der Waals surface area contributed by atoms with Gasteiger partial charge in [-0.2, -0.15) is 0 Å². The molecule has 0 aliphatic heterocycles. The maximum Gasteiger partial charge on any atom is 0.255 e. The van der Waals surface area contributed by atoms with E-state index in [1.165, 1.54) is 0 Å². The van der Waals surface area contributed by atoms with Crippen molar-refractivity contribution in [2.24, 2.45) is 0 Å². The maximum atomic E-state index is 12.6. The van der Waals surface area contributed by atoms with Gasteiger partial charge in [-0.1, -0.05) is 12.1 Å². The molecule has 2 aromatic carbocycles. The van der Waals surface area contributed by atoms with E-state index in [-0.39, 0.29) is 5.91 Å². The number of aromatic nitrogens is 3. The van der Waals surface area contributed by atoms with Crippen molar-refractivity contribution in [3.63, 3.8) is 0 Å². The molecular weight excluding hydrogens is 356 g/mol. The average Bonchev–Trinajstić information content (AvgIpc) is 3.18. The van der Waals surface area contributed by atoms with E-state index in [0.717, 1.165) is 11.3 Å². The van der Waals surface area contributed by atoms with Crippen LogP contribution in [0.1, 0.15) is 10.4 Å². The molecule has 0 unspecified atom stereocenters. The lowest BCUT2D eigenvalue weighted by molar-refractivity contribution is 0.102. The summed E-state index contributed by atoms with van der Waals surface area (Å²) in [5.41, 5.74) is 2.88. The molecule has 0 spiro atoms. The topological polar surface area (TPSA) is 77.8 Å². The Hall–Kier alpha value is -3.87. The summed E-state index contributed by atoms with van der Waals surface area (Å²) in [5.74, 6) is 1.50. The minimum Gasteiger partial charge on any atom is -0.497 e. The molecule has 4 rings (SSSR count). The molecule has 4 aromatic rings. The molecule has 0 saturated heterocycles. The second-order valence-electron chi connectivity index (χ2n) is 6.09. The second-order valence-corrected chi connectivity index (χ2v) is 6.09. The van der Waals surface area contributed by atoms with E-state index in [4.69, 9.17) is 9.47 Å². The predicted molar refractivity (Wildman–Crippen MR) is 106 cm³/mol. The number of fused-ring (bicyclic) bond motifs is 1. The number of hydrogen-bond donors (Lipinski definition) is 1. The molecule has 7 heteroatoms. The van der Waals surface area contributed by atoms with Crippen LogP contribution in [0.3, 0.4) is 0 Å². The summed E-state index contributed by atoms with van der Waals surface area (Å²) in [4.78, 5) is 21.3. The van der Waals surface area contributed by atoms with Gasteiger partial charge in [0.05, 0.1) is 19.9 Å². The number of nitrogens with one attached hydrogen (secondary N) is 1. The van der Waals surface area contributed by atoms with E-state index in [9.17, 15) is 4.79 Å². The minimum absolute atomic E-state index is 0.248.